The molecule has 5 nitrogen and oxygen atoms in total. The van der Waals surface area contributed by atoms with Gasteiger partial charge in [-0.25, -0.2) is 9.78 Å². The predicted octanol–water partition coefficient (Wildman–Crippen LogP) is -0.178. The van der Waals surface area contributed by atoms with Crippen molar-refractivity contribution < 1.29 is 9.90 Å². The molecule has 0 saturated carbocycles. The lowest BCUT2D eigenvalue weighted by molar-refractivity contribution is 0.221. The summed E-state index contributed by atoms with van der Waals surface area (Å²) in [5.41, 5.74) is 0. The quantitative estimate of drug-likeness (QED) is 0.645. The first-order valence-electron chi connectivity index (χ1n) is 3.63. The van der Waals surface area contributed by atoms with Crippen molar-refractivity contribution in [1.82, 2.24) is 14.9 Å². The van der Waals surface area contributed by atoms with Gasteiger partial charge in [0.25, 0.3) is 0 Å². The number of hydrogen-bond acceptors (Lipinski definition) is 3. The summed E-state index contributed by atoms with van der Waals surface area (Å²) in [6, 6.07) is -0.519. The van der Waals surface area contributed by atoms with Crippen molar-refractivity contribution >= 4 is 6.03 Å². The molecule has 1 aromatic heterocycles. The number of carbonyl (C=O) groups excluding carboxylic acids is 1. The maximum absolute atomic E-state index is 11.2. The van der Waals surface area contributed by atoms with E-state index in [2.05, 4.69) is 10.3 Å². The molecule has 1 heterocycles. The van der Waals surface area contributed by atoms with Gasteiger partial charge >= 0.3 is 6.03 Å². The molecule has 1 amide bonds. The number of aliphatic hydroxyl groups excluding tert-OH is 1. The van der Waals surface area contributed by atoms with E-state index in [4.69, 9.17) is 5.11 Å². The zero-order valence-electron chi connectivity index (χ0n) is 6.77. The van der Waals surface area contributed by atoms with Crippen molar-refractivity contribution in [3.8, 4) is 0 Å². The average Bonchev–Trinajstić information content (AvgIpc) is 2.56. The van der Waals surface area contributed by atoms with Gasteiger partial charge in [-0.05, 0) is 6.92 Å². The highest BCUT2D eigenvalue weighted by Gasteiger charge is 2.06. The number of rotatable bonds is 2. The maximum atomic E-state index is 11.2. The molecule has 0 aliphatic carbocycles. The maximum Gasteiger partial charge on any atom is 0.327 e. The average molecular weight is 169 g/mol. The Morgan fingerprint density at radius 2 is 2.58 bits per heavy atom. The van der Waals surface area contributed by atoms with Crippen LogP contribution in [0.15, 0.2) is 18.7 Å². The first kappa shape index (κ1) is 8.73. The number of aromatic nitrogens is 2. The van der Waals surface area contributed by atoms with E-state index >= 15 is 0 Å². The lowest BCUT2D eigenvalue weighted by Crippen LogP contribution is -2.37. The Morgan fingerprint density at radius 3 is 3.08 bits per heavy atom. The molecule has 0 unspecified atom stereocenters. The Labute approximate surface area is 70.0 Å². The summed E-state index contributed by atoms with van der Waals surface area (Å²) < 4.78 is 1.31. The minimum atomic E-state index is -0.283. The van der Waals surface area contributed by atoms with Crippen LogP contribution in [0.25, 0.3) is 0 Å². The lowest BCUT2D eigenvalue weighted by Gasteiger charge is -2.09. The number of nitrogens with zero attached hydrogens (tertiary/aromatic N) is 2. The Hall–Kier alpha value is -1.36. The Morgan fingerprint density at radius 1 is 1.83 bits per heavy atom. The molecule has 0 fully saturated rings. The monoisotopic (exact) mass is 169 g/mol. The van der Waals surface area contributed by atoms with Crippen LogP contribution in [0.4, 0.5) is 4.79 Å². The topological polar surface area (TPSA) is 67.2 Å². The minimum Gasteiger partial charge on any atom is -0.394 e. The van der Waals surface area contributed by atoms with E-state index in [1.165, 1.54) is 17.1 Å². The van der Waals surface area contributed by atoms with E-state index in [0.717, 1.165) is 0 Å². The smallest absolute Gasteiger partial charge is 0.327 e. The number of carbonyl (C=O) groups is 1. The highest BCUT2D eigenvalue weighted by Crippen LogP contribution is 1.86. The summed E-state index contributed by atoms with van der Waals surface area (Å²) >= 11 is 0. The fourth-order valence-corrected chi connectivity index (χ4v) is 0.710. The molecule has 0 saturated heterocycles. The molecule has 1 rings (SSSR count). The lowest BCUT2D eigenvalue weighted by atomic mass is 10.4. The van der Waals surface area contributed by atoms with E-state index in [-0.39, 0.29) is 18.7 Å². The third-order valence-corrected chi connectivity index (χ3v) is 1.38. The summed E-state index contributed by atoms with van der Waals surface area (Å²) in [6.07, 6.45) is 4.46. The van der Waals surface area contributed by atoms with Crippen LogP contribution in [-0.2, 0) is 0 Å². The molecule has 1 atom stereocenters. The molecule has 0 radical (unpaired) electrons. The zero-order valence-corrected chi connectivity index (χ0v) is 6.77. The minimum absolute atomic E-state index is 0.0690. The molecule has 0 bridgehead atoms. The van der Waals surface area contributed by atoms with Crippen molar-refractivity contribution in [2.45, 2.75) is 13.0 Å². The largest absolute Gasteiger partial charge is 0.394 e. The Kier molecular flexibility index (Phi) is 2.82. The van der Waals surface area contributed by atoms with E-state index in [1.54, 1.807) is 13.1 Å². The number of nitrogens with one attached hydrogen (secondary N) is 1. The van der Waals surface area contributed by atoms with Crippen LogP contribution in [0, 0.1) is 0 Å². The zero-order chi connectivity index (χ0) is 8.97. The van der Waals surface area contributed by atoms with Crippen molar-refractivity contribution in [1.29, 1.82) is 0 Å². The van der Waals surface area contributed by atoms with Gasteiger partial charge in [0.05, 0.1) is 12.6 Å². The normalized spacial score (nSPS) is 12.5. The highest BCUT2D eigenvalue weighted by molar-refractivity contribution is 5.76. The molecule has 0 aliphatic rings. The van der Waals surface area contributed by atoms with Crippen molar-refractivity contribution in [2.24, 2.45) is 0 Å². The Bertz CT molecular complexity index is 245. The first-order valence-corrected chi connectivity index (χ1v) is 3.63. The van der Waals surface area contributed by atoms with Gasteiger partial charge in [0.2, 0.25) is 0 Å². The van der Waals surface area contributed by atoms with E-state index in [1.807, 2.05) is 0 Å². The van der Waals surface area contributed by atoms with Crippen LogP contribution in [0.3, 0.4) is 0 Å². The summed E-state index contributed by atoms with van der Waals surface area (Å²) in [6.45, 7) is 1.65. The van der Waals surface area contributed by atoms with E-state index < -0.39 is 0 Å². The van der Waals surface area contributed by atoms with Gasteiger partial charge in [-0.1, -0.05) is 0 Å². The number of aliphatic hydroxyl groups is 1. The second kappa shape index (κ2) is 3.87. The number of amides is 1. The molecule has 0 aliphatic heterocycles. The number of hydrogen-bond donors (Lipinski definition) is 2. The molecular weight excluding hydrogens is 158 g/mol. The Balaban J connectivity index is 2.50. The second-order valence-electron chi connectivity index (χ2n) is 2.50. The third-order valence-electron chi connectivity index (χ3n) is 1.38. The predicted molar refractivity (Wildman–Crippen MR) is 42.7 cm³/mol. The second-order valence-corrected chi connectivity index (χ2v) is 2.50. The fraction of sp³-hybridized carbons (Fsp3) is 0.429. The van der Waals surface area contributed by atoms with Crippen LogP contribution in [0.1, 0.15) is 6.92 Å². The molecule has 0 spiro atoms. The van der Waals surface area contributed by atoms with Gasteiger partial charge in [-0.15, -0.1) is 0 Å². The molecule has 12 heavy (non-hydrogen) atoms. The van der Waals surface area contributed by atoms with Crippen LogP contribution in [-0.4, -0.2) is 33.3 Å². The standard InChI is InChI=1S/C7H11N3O2/c1-6(4-11)9-7(12)10-3-2-8-5-10/h2-3,5-6,11H,4H2,1H3,(H,9,12)/t6-/m1/s1. The van der Waals surface area contributed by atoms with Crippen molar-refractivity contribution in [3.05, 3.63) is 18.7 Å². The molecule has 5 heteroatoms. The van der Waals surface area contributed by atoms with Gasteiger partial charge in [0, 0.05) is 12.4 Å². The van der Waals surface area contributed by atoms with Crippen LogP contribution < -0.4 is 5.32 Å². The van der Waals surface area contributed by atoms with Crippen LogP contribution in [0.5, 0.6) is 0 Å². The molecule has 1 aromatic rings. The first-order chi connectivity index (χ1) is 5.74. The fourth-order valence-electron chi connectivity index (χ4n) is 0.710. The van der Waals surface area contributed by atoms with Crippen LogP contribution >= 0.6 is 0 Å². The molecular formula is C7H11N3O2. The van der Waals surface area contributed by atoms with Gasteiger partial charge in [0.1, 0.15) is 6.33 Å². The van der Waals surface area contributed by atoms with Gasteiger partial charge in [-0.2, -0.15) is 0 Å². The third kappa shape index (κ3) is 2.06. The molecule has 66 valence electrons. The van der Waals surface area contributed by atoms with E-state index in [9.17, 15) is 4.79 Å². The number of imidazole rings is 1. The van der Waals surface area contributed by atoms with Crippen LogP contribution in [0.2, 0.25) is 0 Å². The SMILES string of the molecule is C[C@H](CO)NC(=O)n1ccnc1. The van der Waals surface area contributed by atoms with Gasteiger partial charge < -0.3 is 10.4 Å². The summed E-state index contributed by atoms with van der Waals surface area (Å²) in [5, 5.41) is 11.2. The van der Waals surface area contributed by atoms with Gasteiger partial charge in [0.15, 0.2) is 0 Å². The van der Waals surface area contributed by atoms with E-state index in [0.29, 0.717) is 0 Å². The summed E-state index contributed by atoms with van der Waals surface area (Å²) in [7, 11) is 0. The van der Waals surface area contributed by atoms with Gasteiger partial charge in [-0.3, -0.25) is 4.57 Å². The van der Waals surface area contributed by atoms with Crippen molar-refractivity contribution in [2.75, 3.05) is 6.61 Å². The van der Waals surface area contributed by atoms with Crippen molar-refractivity contribution in [3.63, 3.8) is 0 Å². The molecule has 2 N–H and O–H groups in total. The summed E-state index contributed by atoms with van der Waals surface area (Å²) in [5.74, 6) is 0. The summed E-state index contributed by atoms with van der Waals surface area (Å²) in [4.78, 5) is 14.9. The molecule has 0 aromatic carbocycles. The highest BCUT2D eigenvalue weighted by atomic mass is 16.3.